The number of fused-ring (bicyclic) bond motifs is 1. The zero-order chi connectivity index (χ0) is 21.8. The van der Waals surface area contributed by atoms with Gasteiger partial charge in [0.2, 0.25) is 5.91 Å². The van der Waals surface area contributed by atoms with Crippen molar-refractivity contribution in [3.05, 3.63) is 71.7 Å². The van der Waals surface area contributed by atoms with Gasteiger partial charge in [-0.1, -0.05) is 30.3 Å². The molecular formula is C25H30FN3O2. The number of aromatic nitrogens is 1. The number of likely N-dealkylation sites (tertiary alicyclic amines) is 1. The number of methoxy groups -OCH3 is 1. The largest absolute Gasteiger partial charge is 0.383 e. The fourth-order valence-electron chi connectivity index (χ4n) is 4.75. The molecule has 2 aromatic carbocycles. The number of carbonyl (C=O) groups is 1. The van der Waals surface area contributed by atoms with E-state index in [1.165, 1.54) is 28.6 Å². The fourth-order valence-corrected chi connectivity index (χ4v) is 4.75. The Kier molecular flexibility index (Phi) is 6.39. The molecular weight excluding hydrogens is 393 g/mol. The second kappa shape index (κ2) is 9.20. The predicted octanol–water partition coefficient (Wildman–Crippen LogP) is 4.05. The highest BCUT2D eigenvalue weighted by atomic mass is 19.1. The summed E-state index contributed by atoms with van der Waals surface area (Å²) in [5.74, 6) is -0.317. The van der Waals surface area contributed by atoms with Crippen LogP contribution in [0.3, 0.4) is 0 Å². The van der Waals surface area contributed by atoms with Gasteiger partial charge in [0.1, 0.15) is 5.82 Å². The summed E-state index contributed by atoms with van der Waals surface area (Å²) < 4.78 is 21.0. The van der Waals surface area contributed by atoms with Crippen LogP contribution < -0.4 is 5.32 Å². The molecule has 4 rings (SSSR count). The maximum Gasteiger partial charge on any atom is 0.217 e. The summed E-state index contributed by atoms with van der Waals surface area (Å²) >= 11 is 0. The van der Waals surface area contributed by atoms with E-state index in [4.69, 9.17) is 4.74 Å². The zero-order valence-electron chi connectivity index (χ0n) is 18.2. The first-order valence-electron chi connectivity index (χ1n) is 10.8. The molecule has 0 aliphatic carbocycles. The highest BCUT2D eigenvalue weighted by Gasteiger charge is 2.37. The van der Waals surface area contributed by atoms with E-state index in [-0.39, 0.29) is 11.7 Å². The molecule has 1 aromatic heterocycles. The summed E-state index contributed by atoms with van der Waals surface area (Å²) in [6, 6.07) is 15.0. The maximum absolute atomic E-state index is 13.4. The number of nitrogens with zero attached hydrogens (tertiary/aromatic N) is 2. The minimum absolute atomic E-state index is 0.0565. The number of ether oxygens (including phenoxy) is 1. The number of piperidine rings is 1. The Bertz CT molecular complexity index is 1040. The van der Waals surface area contributed by atoms with Gasteiger partial charge in [-0.25, -0.2) is 4.39 Å². The van der Waals surface area contributed by atoms with E-state index in [9.17, 15) is 9.18 Å². The van der Waals surface area contributed by atoms with Crippen LogP contribution in [0, 0.1) is 5.82 Å². The number of para-hydroxylation sites is 1. The number of hydrogen-bond acceptors (Lipinski definition) is 3. The van der Waals surface area contributed by atoms with Gasteiger partial charge in [-0.05, 0) is 42.2 Å². The van der Waals surface area contributed by atoms with Gasteiger partial charge in [0.15, 0.2) is 0 Å². The summed E-state index contributed by atoms with van der Waals surface area (Å²) in [5.41, 5.74) is 3.06. The molecule has 0 saturated carbocycles. The third-order valence-corrected chi connectivity index (χ3v) is 6.32. The summed E-state index contributed by atoms with van der Waals surface area (Å²) in [7, 11) is 1.72. The van der Waals surface area contributed by atoms with Crippen molar-refractivity contribution in [1.82, 2.24) is 14.8 Å². The van der Waals surface area contributed by atoms with Crippen LogP contribution in [0.4, 0.5) is 4.39 Å². The Morgan fingerprint density at radius 1 is 1.13 bits per heavy atom. The highest BCUT2D eigenvalue weighted by molar-refractivity contribution is 5.84. The lowest BCUT2D eigenvalue weighted by Gasteiger charge is -2.42. The number of carbonyl (C=O) groups excluding carboxylic acids is 1. The quantitative estimate of drug-likeness (QED) is 0.624. The monoisotopic (exact) mass is 423 g/mol. The van der Waals surface area contributed by atoms with Crippen LogP contribution in [-0.4, -0.2) is 42.2 Å². The number of rotatable bonds is 7. The van der Waals surface area contributed by atoms with Gasteiger partial charge < -0.3 is 14.6 Å². The molecule has 0 spiro atoms. The molecule has 5 nitrogen and oxygen atoms in total. The lowest BCUT2D eigenvalue weighted by molar-refractivity contribution is -0.121. The molecule has 6 heteroatoms. The molecule has 0 unspecified atom stereocenters. The molecule has 1 aliphatic rings. The minimum Gasteiger partial charge on any atom is -0.383 e. The number of amides is 1. The molecule has 0 bridgehead atoms. The van der Waals surface area contributed by atoms with Crippen LogP contribution in [0.25, 0.3) is 10.9 Å². The standard InChI is InChI=1S/C25H30FN3O2/c1-19(30)27-25(21-7-9-22(26)10-8-21)11-13-28(14-12-25)17-20-18-29(15-16-31-2)24-6-4-3-5-23(20)24/h3-10,18H,11-17H2,1-2H3,(H,27,30). The number of halogens is 1. The van der Waals surface area contributed by atoms with Crippen molar-refractivity contribution in [1.29, 1.82) is 0 Å². The Morgan fingerprint density at radius 3 is 2.52 bits per heavy atom. The van der Waals surface area contributed by atoms with E-state index in [1.807, 2.05) is 0 Å². The first-order chi connectivity index (χ1) is 15.0. The summed E-state index contributed by atoms with van der Waals surface area (Å²) in [6.07, 6.45) is 3.82. The van der Waals surface area contributed by atoms with Crippen molar-refractivity contribution in [2.45, 2.75) is 38.4 Å². The molecule has 1 fully saturated rings. The lowest BCUT2D eigenvalue weighted by atomic mass is 9.80. The number of nitrogens with one attached hydrogen (secondary N) is 1. The van der Waals surface area contributed by atoms with Gasteiger partial charge >= 0.3 is 0 Å². The molecule has 1 amide bonds. The van der Waals surface area contributed by atoms with E-state index < -0.39 is 5.54 Å². The Hall–Kier alpha value is -2.70. The van der Waals surface area contributed by atoms with Crippen molar-refractivity contribution in [2.75, 3.05) is 26.8 Å². The SMILES string of the molecule is COCCn1cc(CN2CCC(NC(C)=O)(c3ccc(F)cc3)CC2)c2ccccc21. The van der Waals surface area contributed by atoms with Crippen LogP contribution in [-0.2, 0) is 28.2 Å². The van der Waals surface area contributed by atoms with Crippen molar-refractivity contribution in [3.8, 4) is 0 Å². The maximum atomic E-state index is 13.4. The van der Waals surface area contributed by atoms with Crippen molar-refractivity contribution in [3.63, 3.8) is 0 Å². The molecule has 3 aromatic rings. The van der Waals surface area contributed by atoms with Crippen molar-refractivity contribution < 1.29 is 13.9 Å². The van der Waals surface area contributed by atoms with E-state index in [0.717, 1.165) is 44.6 Å². The minimum atomic E-state index is -0.442. The van der Waals surface area contributed by atoms with Gasteiger partial charge in [0.25, 0.3) is 0 Å². The van der Waals surface area contributed by atoms with Gasteiger partial charge in [0.05, 0.1) is 12.1 Å². The van der Waals surface area contributed by atoms with Crippen LogP contribution in [0.1, 0.15) is 30.9 Å². The van der Waals surface area contributed by atoms with Gasteiger partial charge in [-0.15, -0.1) is 0 Å². The molecule has 2 heterocycles. The molecule has 31 heavy (non-hydrogen) atoms. The molecule has 0 atom stereocenters. The molecule has 0 radical (unpaired) electrons. The number of hydrogen-bond donors (Lipinski definition) is 1. The molecule has 1 N–H and O–H groups in total. The van der Waals surface area contributed by atoms with E-state index in [2.05, 4.69) is 45.2 Å². The second-order valence-electron chi connectivity index (χ2n) is 8.40. The summed E-state index contributed by atoms with van der Waals surface area (Å²) in [6.45, 7) is 5.63. The first-order valence-corrected chi connectivity index (χ1v) is 10.8. The highest BCUT2D eigenvalue weighted by Crippen LogP contribution is 2.34. The zero-order valence-corrected chi connectivity index (χ0v) is 18.2. The van der Waals surface area contributed by atoms with Crippen molar-refractivity contribution in [2.24, 2.45) is 0 Å². The molecule has 164 valence electrons. The smallest absolute Gasteiger partial charge is 0.217 e. The average molecular weight is 424 g/mol. The summed E-state index contributed by atoms with van der Waals surface area (Å²) in [5, 5.41) is 4.44. The number of benzene rings is 2. The Morgan fingerprint density at radius 2 is 1.84 bits per heavy atom. The topological polar surface area (TPSA) is 46.5 Å². The lowest BCUT2D eigenvalue weighted by Crippen LogP contribution is -2.52. The average Bonchev–Trinajstić information content (AvgIpc) is 3.11. The fraction of sp³-hybridized carbons (Fsp3) is 0.400. The predicted molar refractivity (Wildman–Crippen MR) is 120 cm³/mol. The Balaban J connectivity index is 1.52. The van der Waals surface area contributed by atoms with Gasteiger partial charge in [-0.2, -0.15) is 0 Å². The Labute approximate surface area is 182 Å². The first kappa shape index (κ1) is 21.5. The third kappa shape index (κ3) is 4.65. The van der Waals surface area contributed by atoms with Crippen LogP contribution in [0.2, 0.25) is 0 Å². The summed E-state index contributed by atoms with van der Waals surface area (Å²) in [4.78, 5) is 14.4. The van der Waals surface area contributed by atoms with Crippen LogP contribution in [0.15, 0.2) is 54.7 Å². The van der Waals surface area contributed by atoms with E-state index >= 15 is 0 Å². The van der Waals surface area contributed by atoms with Gasteiger partial charge in [0, 0.05) is 57.3 Å². The van der Waals surface area contributed by atoms with Gasteiger partial charge in [-0.3, -0.25) is 9.69 Å². The van der Waals surface area contributed by atoms with Crippen LogP contribution >= 0.6 is 0 Å². The third-order valence-electron chi connectivity index (χ3n) is 6.32. The molecule has 1 aliphatic heterocycles. The van der Waals surface area contributed by atoms with Crippen molar-refractivity contribution >= 4 is 16.8 Å². The van der Waals surface area contributed by atoms with E-state index in [1.54, 1.807) is 26.2 Å². The second-order valence-corrected chi connectivity index (χ2v) is 8.40. The molecule has 1 saturated heterocycles. The normalized spacial score (nSPS) is 16.5. The van der Waals surface area contributed by atoms with Crippen LogP contribution in [0.5, 0.6) is 0 Å². The van der Waals surface area contributed by atoms with E-state index in [0.29, 0.717) is 6.61 Å².